The van der Waals surface area contributed by atoms with Crippen LogP contribution in [0.25, 0.3) is 22.0 Å². The number of hydrogen-bond donors (Lipinski definition) is 2. The molecule has 6 heteroatoms. The Balaban J connectivity index is 2.29. The molecule has 1 atom stereocenters. The lowest BCUT2D eigenvalue weighted by Gasteiger charge is -2.22. The molecule has 0 bridgehead atoms. The fourth-order valence-electron chi connectivity index (χ4n) is 3.45. The van der Waals surface area contributed by atoms with Crippen LogP contribution in [0.5, 0.6) is 0 Å². The molecule has 1 aromatic heterocycles. The number of aryl methyl sites for hydroxylation is 1. The summed E-state index contributed by atoms with van der Waals surface area (Å²) in [5.41, 5.74) is 3.97. The number of nitrogens with one attached hydrogen (secondary N) is 1. The van der Waals surface area contributed by atoms with Crippen LogP contribution in [0.1, 0.15) is 37.0 Å². The molecule has 2 aromatic carbocycles. The average molecular weight is 413 g/mol. The predicted molar refractivity (Wildman–Crippen MR) is 118 cm³/mol. The molecule has 5 nitrogen and oxygen atoms in total. The maximum absolute atomic E-state index is 12.1. The minimum atomic E-state index is -1.05. The standard InChI is InChI=1S/C23H25ClN2O3/c1-4-5-12-29-22(23(27)28)20-14(2)13-18-17(10-11-19(25-3)26-18)21(20)15-6-8-16(24)9-7-15/h6-11,13,22H,4-5,12H2,1-3H3,(H,25,26)(H,27,28). The van der Waals surface area contributed by atoms with Gasteiger partial charge in [-0.25, -0.2) is 9.78 Å². The van der Waals surface area contributed by atoms with Crippen LogP contribution in [0, 0.1) is 6.92 Å². The summed E-state index contributed by atoms with van der Waals surface area (Å²) in [5.74, 6) is -0.251. The van der Waals surface area contributed by atoms with E-state index in [-0.39, 0.29) is 0 Å². The third kappa shape index (κ3) is 4.52. The van der Waals surface area contributed by atoms with Crippen molar-refractivity contribution >= 4 is 34.3 Å². The number of fused-ring (bicyclic) bond motifs is 1. The second kappa shape index (κ2) is 9.25. The van der Waals surface area contributed by atoms with E-state index in [1.165, 1.54) is 0 Å². The van der Waals surface area contributed by atoms with Crippen molar-refractivity contribution in [2.75, 3.05) is 19.0 Å². The Bertz CT molecular complexity index is 1020. The van der Waals surface area contributed by atoms with Crippen molar-refractivity contribution in [1.82, 2.24) is 4.98 Å². The summed E-state index contributed by atoms with van der Waals surface area (Å²) in [6.45, 7) is 4.34. The molecule has 1 heterocycles. The molecule has 0 amide bonds. The van der Waals surface area contributed by atoms with Crippen molar-refractivity contribution in [3.05, 3.63) is 58.6 Å². The van der Waals surface area contributed by atoms with Gasteiger partial charge in [0.25, 0.3) is 0 Å². The maximum atomic E-state index is 12.1. The number of aromatic nitrogens is 1. The number of carboxylic acids is 1. The topological polar surface area (TPSA) is 71.5 Å². The molecule has 0 aliphatic heterocycles. The molecule has 3 rings (SSSR count). The smallest absolute Gasteiger partial charge is 0.337 e. The Morgan fingerprint density at radius 1 is 1.24 bits per heavy atom. The van der Waals surface area contributed by atoms with Gasteiger partial charge in [0.1, 0.15) is 5.82 Å². The number of pyridine rings is 1. The fraction of sp³-hybridized carbons (Fsp3) is 0.304. The lowest BCUT2D eigenvalue weighted by Crippen LogP contribution is -2.18. The molecule has 0 fully saturated rings. The number of benzene rings is 2. The third-order valence-electron chi connectivity index (χ3n) is 4.90. The SMILES string of the molecule is CCCCOC(C(=O)O)c1c(C)cc2nc(NC)ccc2c1-c1ccc(Cl)cc1. The van der Waals surface area contributed by atoms with E-state index in [4.69, 9.17) is 16.3 Å². The summed E-state index contributed by atoms with van der Waals surface area (Å²) in [4.78, 5) is 16.8. The first-order chi connectivity index (χ1) is 14.0. The summed E-state index contributed by atoms with van der Waals surface area (Å²) in [5, 5.41) is 14.5. The molecule has 0 radical (unpaired) electrons. The lowest BCUT2D eigenvalue weighted by molar-refractivity contribution is -0.151. The van der Waals surface area contributed by atoms with Gasteiger partial charge in [-0.05, 0) is 60.4 Å². The van der Waals surface area contributed by atoms with Crippen molar-refractivity contribution in [2.45, 2.75) is 32.8 Å². The Labute approximate surface area is 175 Å². The zero-order valence-corrected chi connectivity index (χ0v) is 17.6. The minimum Gasteiger partial charge on any atom is -0.479 e. The number of aliphatic carboxylic acids is 1. The molecule has 3 aromatic rings. The molecule has 29 heavy (non-hydrogen) atoms. The van der Waals surface area contributed by atoms with E-state index >= 15 is 0 Å². The van der Waals surface area contributed by atoms with E-state index in [0.29, 0.717) is 17.2 Å². The normalized spacial score (nSPS) is 12.1. The van der Waals surface area contributed by atoms with E-state index in [1.54, 1.807) is 12.1 Å². The summed E-state index contributed by atoms with van der Waals surface area (Å²) in [6, 6.07) is 13.2. The van der Waals surface area contributed by atoms with Crippen LogP contribution in [-0.4, -0.2) is 29.7 Å². The van der Waals surface area contributed by atoms with Crippen LogP contribution in [-0.2, 0) is 9.53 Å². The summed E-state index contributed by atoms with van der Waals surface area (Å²) in [6.07, 6.45) is 0.685. The second-order valence-electron chi connectivity index (χ2n) is 6.94. The quantitative estimate of drug-likeness (QED) is 0.454. The molecule has 2 N–H and O–H groups in total. The van der Waals surface area contributed by atoms with Crippen LogP contribution in [0.3, 0.4) is 0 Å². The number of halogens is 1. The van der Waals surface area contributed by atoms with E-state index in [0.717, 1.165) is 46.3 Å². The number of ether oxygens (including phenoxy) is 1. The van der Waals surface area contributed by atoms with E-state index in [1.807, 2.05) is 51.2 Å². The summed E-state index contributed by atoms with van der Waals surface area (Å²) in [7, 11) is 1.82. The van der Waals surface area contributed by atoms with Crippen molar-refractivity contribution in [2.24, 2.45) is 0 Å². The number of anilines is 1. The van der Waals surface area contributed by atoms with Crippen molar-refractivity contribution in [3.63, 3.8) is 0 Å². The monoisotopic (exact) mass is 412 g/mol. The highest BCUT2D eigenvalue weighted by atomic mass is 35.5. The molecule has 1 unspecified atom stereocenters. The molecular formula is C23H25ClN2O3. The van der Waals surface area contributed by atoms with Crippen LogP contribution in [0.2, 0.25) is 5.02 Å². The van der Waals surface area contributed by atoms with Crippen LogP contribution in [0.4, 0.5) is 5.82 Å². The Morgan fingerprint density at radius 2 is 1.97 bits per heavy atom. The van der Waals surface area contributed by atoms with Gasteiger partial charge in [-0.2, -0.15) is 0 Å². The Morgan fingerprint density at radius 3 is 2.59 bits per heavy atom. The van der Waals surface area contributed by atoms with Gasteiger partial charge in [-0.3, -0.25) is 0 Å². The highest BCUT2D eigenvalue weighted by Gasteiger charge is 2.28. The van der Waals surface area contributed by atoms with Gasteiger partial charge in [0.05, 0.1) is 5.52 Å². The van der Waals surface area contributed by atoms with Crippen LogP contribution < -0.4 is 5.32 Å². The zero-order chi connectivity index (χ0) is 21.0. The Hall–Kier alpha value is -2.63. The predicted octanol–water partition coefficient (Wildman–Crippen LogP) is 5.85. The first-order valence-electron chi connectivity index (χ1n) is 9.68. The van der Waals surface area contributed by atoms with E-state index < -0.39 is 12.1 Å². The fourth-order valence-corrected chi connectivity index (χ4v) is 3.58. The number of hydrogen-bond acceptors (Lipinski definition) is 4. The molecule has 0 aliphatic rings. The van der Waals surface area contributed by atoms with Gasteiger partial charge in [0, 0.05) is 29.6 Å². The van der Waals surface area contributed by atoms with Gasteiger partial charge < -0.3 is 15.2 Å². The van der Waals surface area contributed by atoms with E-state index in [2.05, 4.69) is 10.3 Å². The number of carboxylic acid groups (broad SMARTS) is 1. The van der Waals surface area contributed by atoms with Gasteiger partial charge in [0.2, 0.25) is 0 Å². The van der Waals surface area contributed by atoms with E-state index in [9.17, 15) is 9.90 Å². The van der Waals surface area contributed by atoms with Gasteiger partial charge in [-0.15, -0.1) is 0 Å². The third-order valence-corrected chi connectivity index (χ3v) is 5.15. The van der Waals surface area contributed by atoms with Crippen molar-refractivity contribution in [3.8, 4) is 11.1 Å². The molecule has 152 valence electrons. The number of carbonyl (C=O) groups is 1. The van der Waals surface area contributed by atoms with Crippen molar-refractivity contribution in [1.29, 1.82) is 0 Å². The zero-order valence-electron chi connectivity index (χ0n) is 16.8. The lowest BCUT2D eigenvalue weighted by atomic mass is 9.88. The maximum Gasteiger partial charge on any atom is 0.337 e. The van der Waals surface area contributed by atoms with Crippen molar-refractivity contribution < 1.29 is 14.6 Å². The molecule has 0 saturated carbocycles. The second-order valence-corrected chi connectivity index (χ2v) is 7.38. The molecule has 0 aliphatic carbocycles. The highest BCUT2D eigenvalue weighted by molar-refractivity contribution is 6.30. The van der Waals surface area contributed by atoms with Gasteiger partial charge >= 0.3 is 5.97 Å². The number of nitrogens with zero attached hydrogens (tertiary/aromatic N) is 1. The van der Waals surface area contributed by atoms with Crippen LogP contribution in [0.15, 0.2) is 42.5 Å². The average Bonchev–Trinajstić information content (AvgIpc) is 2.71. The van der Waals surface area contributed by atoms with Crippen LogP contribution >= 0.6 is 11.6 Å². The molecule has 0 saturated heterocycles. The first-order valence-corrected chi connectivity index (χ1v) is 10.1. The molecular weight excluding hydrogens is 388 g/mol. The summed E-state index contributed by atoms with van der Waals surface area (Å²) < 4.78 is 5.83. The van der Waals surface area contributed by atoms with Gasteiger partial charge in [0.15, 0.2) is 6.10 Å². The molecule has 0 spiro atoms. The highest BCUT2D eigenvalue weighted by Crippen LogP contribution is 2.39. The number of unbranched alkanes of at least 4 members (excludes halogenated alkanes) is 1. The number of rotatable bonds is 8. The Kier molecular flexibility index (Phi) is 6.72. The first kappa shape index (κ1) is 21.1. The summed E-state index contributed by atoms with van der Waals surface area (Å²) >= 11 is 6.09. The largest absolute Gasteiger partial charge is 0.479 e. The van der Waals surface area contributed by atoms with Gasteiger partial charge in [-0.1, -0.05) is 37.1 Å². The minimum absolute atomic E-state index is 0.391.